The smallest absolute Gasteiger partial charge is 0.481 e. The van der Waals surface area contributed by atoms with Crippen molar-refractivity contribution in [2.24, 2.45) is 0 Å². The van der Waals surface area contributed by atoms with E-state index < -0.39 is 18.2 Å². The van der Waals surface area contributed by atoms with Gasteiger partial charge in [-0.25, -0.2) is 0 Å². The van der Waals surface area contributed by atoms with Crippen LogP contribution in [0.25, 0.3) is 10.9 Å². The van der Waals surface area contributed by atoms with Crippen LogP contribution in [0.5, 0.6) is 5.75 Å². The van der Waals surface area contributed by atoms with Crippen molar-refractivity contribution < 1.29 is 32.6 Å². The molecule has 2 rings (SSSR count). The molecule has 0 spiro atoms. The highest BCUT2D eigenvalue weighted by Crippen LogP contribution is 2.26. The Balaban J connectivity index is 2.04. The van der Waals surface area contributed by atoms with E-state index in [0.29, 0.717) is 10.9 Å². The topological polar surface area (TPSA) is 91.4 Å². The zero-order chi connectivity index (χ0) is 17.0. The number of aliphatic carboxylic acids is 1. The van der Waals surface area contributed by atoms with Crippen molar-refractivity contribution in [2.45, 2.75) is 19.2 Å². The van der Waals surface area contributed by atoms with Crippen LogP contribution in [0.4, 0.5) is 13.2 Å². The second-order valence-corrected chi connectivity index (χ2v) is 4.73. The summed E-state index contributed by atoms with van der Waals surface area (Å²) >= 11 is 0. The largest absolute Gasteiger partial charge is 0.573 e. The van der Waals surface area contributed by atoms with Crippen LogP contribution in [0, 0.1) is 0 Å². The number of carboxylic acid groups (broad SMARTS) is 1. The number of benzene rings is 1. The van der Waals surface area contributed by atoms with Gasteiger partial charge in [-0.3, -0.25) is 9.59 Å². The minimum absolute atomic E-state index is 0.0644. The number of rotatable bonds is 6. The molecular formula is C14H13F3N2O4. The standard InChI is InChI=1S/C14H13F3N2O4/c15-14(16,17)23-9-4-3-8-6-11(19-10(8)7-9)13(22)18-5-1-2-12(20)21/h3-4,6-7,19H,1-2,5H2,(H,18,22)(H,20,21). The highest BCUT2D eigenvalue weighted by Gasteiger charge is 2.31. The lowest BCUT2D eigenvalue weighted by Crippen LogP contribution is -2.25. The molecule has 0 atom stereocenters. The summed E-state index contributed by atoms with van der Waals surface area (Å²) in [4.78, 5) is 24.9. The van der Waals surface area contributed by atoms with Crippen molar-refractivity contribution >= 4 is 22.8 Å². The maximum absolute atomic E-state index is 12.2. The third kappa shape index (κ3) is 4.90. The van der Waals surface area contributed by atoms with Crippen LogP contribution in [-0.4, -0.2) is 34.9 Å². The fraction of sp³-hybridized carbons (Fsp3) is 0.286. The SMILES string of the molecule is O=C(O)CCCNC(=O)c1cc2ccc(OC(F)(F)F)cc2[nH]1. The van der Waals surface area contributed by atoms with Gasteiger partial charge in [0.1, 0.15) is 11.4 Å². The molecule has 23 heavy (non-hydrogen) atoms. The zero-order valence-corrected chi connectivity index (χ0v) is 11.7. The van der Waals surface area contributed by atoms with Gasteiger partial charge >= 0.3 is 12.3 Å². The Morgan fingerprint density at radius 3 is 2.65 bits per heavy atom. The van der Waals surface area contributed by atoms with E-state index >= 15 is 0 Å². The van der Waals surface area contributed by atoms with Gasteiger partial charge in [0.05, 0.1) is 0 Å². The second-order valence-electron chi connectivity index (χ2n) is 4.73. The molecule has 1 amide bonds. The van der Waals surface area contributed by atoms with E-state index in [1.807, 2.05) is 0 Å². The Morgan fingerprint density at radius 2 is 2.00 bits per heavy atom. The number of carboxylic acids is 1. The number of H-pyrrole nitrogens is 1. The van der Waals surface area contributed by atoms with E-state index in [1.54, 1.807) is 0 Å². The molecule has 1 aromatic carbocycles. The number of aromatic amines is 1. The summed E-state index contributed by atoms with van der Waals surface area (Å²) in [7, 11) is 0. The summed E-state index contributed by atoms with van der Waals surface area (Å²) in [5.74, 6) is -1.81. The number of hydrogen-bond donors (Lipinski definition) is 3. The summed E-state index contributed by atoms with van der Waals surface area (Å²) in [5.41, 5.74) is 0.488. The maximum Gasteiger partial charge on any atom is 0.573 e. The molecule has 1 aromatic heterocycles. The van der Waals surface area contributed by atoms with Crippen LogP contribution in [0.3, 0.4) is 0 Å². The molecule has 1 heterocycles. The van der Waals surface area contributed by atoms with Crippen LogP contribution < -0.4 is 10.1 Å². The molecule has 0 radical (unpaired) electrons. The van der Waals surface area contributed by atoms with E-state index in [2.05, 4.69) is 15.0 Å². The van der Waals surface area contributed by atoms with Gasteiger partial charge in [-0.15, -0.1) is 13.2 Å². The Morgan fingerprint density at radius 1 is 1.26 bits per heavy atom. The van der Waals surface area contributed by atoms with Gasteiger partial charge in [-0.1, -0.05) is 0 Å². The predicted octanol–water partition coefficient (Wildman–Crippen LogP) is 2.66. The molecule has 124 valence electrons. The van der Waals surface area contributed by atoms with Crippen molar-refractivity contribution in [3.8, 4) is 5.75 Å². The number of alkyl halides is 3. The molecule has 0 aliphatic heterocycles. The lowest BCUT2D eigenvalue weighted by molar-refractivity contribution is -0.274. The number of carbonyl (C=O) groups is 2. The molecule has 2 aromatic rings. The van der Waals surface area contributed by atoms with Gasteiger partial charge in [-0.2, -0.15) is 0 Å². The van der Waals surface area contributed by atoms with E-state index in [9.17, 15) is 22.8 Å². The van der Waals surface area contributed by atoms with E-state index in [1.165, 1.54) is 12.1 Å². The minimum atomic E-state index is -4.79. The Hall–Kier alpha value is -2.71. The Kier molecular flexibility index (Phi) is 4.77. The number of carbonyl (C=O) groups excluding carboxylic acids is 1. The normalized spacial score (nSPS) is 11.4. The van der Waals surface area contributed by atoms with Gasteiger partial charge in [-0.05, 0) is 24.6 Å². The molecule has 6 nitrogen and oxygen atoms in total. The van der Waals surface area contributed by atoms with Gasteiger partial charge in [0.25, 0.3) is 5.91 Å². The van der Waals surface area contributed by atoms with Gasteiger partial charge in [0, 0.05) is 29.9 Å². The first kappa shape index (κ1) is 16.7. The summed E-state index contributed by atoms with van der Waals surface area (Å²) < 4.78 is 40.3. The van der Waals surface area contributed by atoms with Crippen molar-refractivity contribution in [1.29, 1.82) is 0 Å². The molecule has 0 unspecified atom stereocenters. The Labute approximate surface area is 128 Å². The summed E-state index contributed by atoms with van der Waals surface area (Å²) in [6.45, 7) is 0.183. The molecular weight excluding hydrogens is 317 g/mol. The molecule has 0 bridgehead atoms. The van der Waals surface area contributed by atoms with Crippen LogP contribution >= 0.6 is 0 Å². The summed E-state index contributed by atoms with van der Waals surface area (Å²) in [5, 5.41) is 11.6. The Bertz CT molecular complexity index is 724. The highest BCUT2D eigenvalue weighted by molar-refractivity contribution is 5.98. The molecule has 0 fully saturated rings. The highest BCUT2D eigenvalue weighted by atomic mass is 19.4. The van der Waals surface area contributed by atoms with Crippen LogP contribution in [0.15, 0.2) is 24.3 Å². The minimum Gasteiger partial charge on any atom is -0.481 e. The summed E-state index contributed by atoms with van der Waals surface area (Å²) in [6, 6.07) is 5.18. The monoisotopic (exact) mass is 330 g/mol. The fourth-order valence-electron chi connectivity index (χ4n) is 1.96. The molecule has 9 heteroatoms. The van der Waals surface area contributed by atoms with Crippen LogP contribution in [0.1, 0.15) is 23.3 Å². The fourth-order valence-corrected chi connectivity index (χ4v) is 1.96. The number of hydrogen-bond acceptors (Lipinski definition) is 3. The van der Waals surface area contributed by atoms with Crippen molar-refractivity contribution in [1.82, 2.24) is 10.3 Å². The van der Waals surface area contributed by atoms with Crippen molar-refractivity contribution in [3.63, 3.8) is 0 Å². The first-order chi connectivity index (χ1) is 10.7. The maximum atomic E-state index is 12.2. The number of nitrogens with one attached hydrogen (secondary N) is 2. The number of halogens is 3. The third-order valence-electron chi connectivity index (χ3n) is 2.93. The first-order valence-corrected chi connectivity index (χ1v) is 6.63. The predicted molar refractivity (Wildman–Crippen MR) is 74.2 cm³/mol. The number of fused-ring (bicyclic) bond motifs is 1. The number of amides is 1. The summed E-state index contributed by atoms with van der Waals surface area (Å²) in [6.07, 6.45) is -4.57. The van der Waals surface area contributed by atoms with E-state index in [-0.39, 0.29) is 30.8 Å². The van der Waals surface area contributed by atoms with Crippen molar-refractivity contribution in [3.05, 3.63) is 30.0 Å². The lowest BCUT2D eigenvalue weighted by atomic mass is 10.2. The van der Waals surface area contributed by atoms with Gasteiger partial charge in [0.15, 0.2) is 0 Å². The number of ether oxygens (including phenoxy) is 1. The lowest BCUT2D eigenvalue weighted by Gasteiger charge is -2.08. The first-order valence-electron chi connectivity index (χ1n) is 6.63. The van der Waals surface area contributed by atoms with Crippen molar-refractivity contribution in [2.75, 3.05) is 6.54 Å². The second kappa shape index (κ2) is 6.59. The average Bonchev–Trinajstić information content (AvgIpc) is 2.84. The zero-order valence-electron chi connectivity index (χ0n) is 11.7. The number of aromatic nitrogens is 1. The average molecular weight is 330 g/mol. The molecule has 0 saturated heterocycles. The van der Waals surface area contributed by atoms with Gasteiger partial charge in [0.2, 0.25) is 0 Å². The van der Waals surface area contributed by atoms with E-state index in [4.69, 9.17) is 5.11 Å². The van der Waals surface area contributed by atoms with Crippen LogP contribution in [-0.2, 0) is 4.79 Å². The third-order valence-corrected chi connectivity index (χ3v) is 2.93. The molecule has 3 N–H and O–H groups in total. The van der Waals surface area contributed by atoms with Gasteiger partial charge < -0.3 is 20.1 Å². The molecule has 0 aliphatic carbocycles. The van der Waals surface area contributed by atoms with E-state index in [0.717, 1.165) is 12.1 Å². The molecule has 0 saturated carbocycles. The quantitative estimate of drug-likeness (QED) is 0.710. The van der Waals surface area contributed by atoms with Crippen LogP contribution in [0.2, 0.25) is 0 Å². The molecule has 0 aliphatic rings.